The first-order valence-electron chi connectivity index (χ1n) is 8.09. The Kier molecular flexibility index (Phi) is 1.37. The predicted molar refractivity (Wildman–Crippen MR) is 69.0 cm³/mol. The summed E-state index contributed by atoms with van der Waals surface area (Å²) >= 11 is 0. The molecule has 0 aliphatic heterocycles. The van der Waals surface area contributed by atoms with Crippen molar-refractivity contribution in [2.45, 2.75) is 24.7 Å². The standard InChI is InChI=1S/C18H12F4/c19-13-7-8(14(20)16(22)15(13)21)10-6-5-9(7)17-3-1-2-4-18(10,17)12(6)11(5)17/h1-2,5-6,9-12H,3-4H2/t5-,6+,9-,10-,11+,12-,17+,18-/m1/s1. The topological polar surface area (TPSA) is 0 Å². The molecule has 1 aromatic carbocycles. The first-order chi connectivity index (χ1) is 10.6. The maximum absolute atomic E-state index is 14.5. The third-order valence-electron chi connectivity index (χ3n) is 8.64. The number of hydrogen-bond donors (Lipinski definition) is 0. The molecule has 8 rings (SSSR count). The SMILES string of the molecule is Fc1c(F)c(F)c2c(c1F)[C@H]1[C@@H]3[C@H]4[C@H]5[C@@H]3[C@@]13CC=CC[C@]53[C@@H]24. The molecule has 8 atom stereocenters. The van der Waals surface area contributed by atoms with E-state index in [-0.39, 0.29) is 33.8 Å². The van der Waals surface area contributed by atoms with E-state index in [4.69, 9.17) is 0 Å². The second-order valence-electron chi connectivity index (χ2n) is 8.21. The zero-order chi connectivity index (χ0) is 14.8. The molecule has 7 aliphatic carbocycles. The Balaban J connectivity index is 1.62. The van der Waals surface area contributed by atoms with Crippen molar-refractivity contribution in [2.24, 2.45) is 34.5 Å². The van der Waals surface area contributed by atoms with Gasteiger partial charge in [0.15, 0.2) is 23.3 Å². The molecule has 4 heteroatoms. The average Bonchev–Trinajstić information content (AvgIpc) is 2.50. The smallest absolute Gasteiger partial charge is 0.197 e. The third-order valence-corrected chi connectivity index (χ3v) is 8.64. The Bertz CT molecular complexity index is 788. The van der Waals surface area contributed by atoms with Crippen LogP contribution in [0.3, 0.4) is 0 Å². The molecule has 0 unspecified atom stereocenters. The third kappa shape index (κ3) is 0.625. The quantitative estimate of drug-likeness (QED) is 0.291. The summed E-state index contributed by atoms with van der Waals surface area (Å²) in [5, 5.41) is 0. The van der Waals surface area contributed by atoms with Crippen molar-refractivity contribution in [1.82, 2.24) is 0 Å². The van der Waals surface area contributed by atoms with Gasteiger partial charge in [0, 0.05) is 11.1 Å². The minimum absolute atomic E-state index is 0.0288. The van der Waals surface area contributed by atoms with E-state index in [9.17, 15) is 17.6 Å². The van der Waals surface area contributed by atoms with E-state index in [1.54, 1.807) is 0 Å². The van der Waals surface area contributed by atoms with Crippen LogP contribution in [0.4, 0.5) is 17.6 Å². The van der Waals surface area contributed by atoms with Crippen LogP contribution in [0.25, 0.3) is 0 Å². The monoisotopic (exact) mass is 304 g/mol. The van der Waals surface area contributed by atoms with Crippen molar-refractivity contribution in [1.29, 1.82) is 0 Å². The Morgan fingerprint density at radius 2 is 1.09 bits per heavy atom. The van der Waals surface area contributed by atoms with Crippen LogP contribution in [0, 0.1) is 57.8 Å². The molecule has 4 fully saturated rings. The molecule has 0 N–H and O–H groups in total. The first kappa shape index (κ1) is 11.3. The fourth-order valence-electron chi connectivity index (χ4n) is 8.60. The summed E-state index contributed by atoms with van der Waals surface area (Å²) in [6, 6.07) is 0. The van der Waals surface area contributed by atoms with Crippen LogP contribution < -0.4 is 0 Å². The summed E-state index contributed by atoms with van der Waals surface area (Å²) in [7, 11) is 0. The van der Waals surface area contributed by atoms with Crippen molar-refractivity contribution in [3.05, 3.63) is 46.5 Å². The van der Waals surface area contributed by atoms with Crippen molar-refractivity contribution in [3.63, 3.8) is 0 Å². The molecule has 2 bridgehead atoms. The van der Waals surface area contributed by atoms with E-state index >= 15 is 0 Å². The lowest BCUT2D eigenvalue weighted by molar-refractivity contribution is -0.516. The first-order valence-corrected chi connectivity index (χ1v) is 8.09. The Morgan fingerprint density at radius 1 is 0.682 bits per heavy atom. The molecule has 0 radical (unpaired) electrons. The van der Waals surface area contributed by atoms with Gasteiger partial charge in [-0.2, -0.15) is 0 Å². The highest BCUT2D eigenvalue weighted by Gasteiger charge is 3.01. The molecular formula is C18H12F4. The van der Waals surface area contributed by atoms with Crippen molar-refractivity contribution >= 4 is 0 Å². The summed E-state index contributed by atoms with van der Waals surface area (Å²) in [5.41, 5.74) is 0.452. The number of allylic oxidation sites excluding steroid dienone is 2. The van der Waals surface area contributed by atoms with Crippen molar-refractivity contribution in [2.75, 3.05) is 0 Å². The summed E-state index contributed by atoms with van der Waals surface area (Å²) in [6.07, 6.45) is 6.12. The highest BCUT2D eigenvalue weighted by atomic mass is 19.2. The van der Waals surface area contributed by atoms with Gasteiger partial charge >= 0.3 is 0 Å². The van der Waals surface area contributed by atoms with Gasteiger partial charge in [0.05, 0.1) is 0 Å². The molecule has 4 saturated carbocycles. The van der Waals surface area contributed by atoms with Crippen LogP contribution in [-0.4, -0.2) is 0 Å². The summed E-state index contributed by atoms with van der Waals surface area (Å²) in [6.45, 7) is 0. The molecule has 0 amide bonds. The lowest BCUT2D eigenvalue weighted by atomic mass is 9.00. The molecule has 0 heterocycles. The van der Waals surface area contributed by atoms with E-state index in [1.165, 1.54) is 0 Å². The van der Waals surface area contributed by atoms with Gasteiger partial charge in [-0.05, 0) is 59.2 Å². The average molecular weight is 304 g/mol. The van der Waals surface area contributed by atoms with Gasteiger partial charge in [0.1, 0.15) is 0 Å². The van der Waals surface area contributed by atoms with Crippen molar-refractivity contribution in [3.8, 4) is 0 Å². The van der Waals surface area contributed by atoms with Gasteiger partial charge in [0.25, 0.3) is 0 Å². The van der Waals surface area contributed by atoms with Crippen LogP contribution in [0.15, 0.2) is 12.2 Å². The van der Waals surface area contributed by atoms with Gasteiger partial charge in [-0.25, -0.2) is 17.6 Å². The largest absolute Gasteiger partial charge is 0.203 e. The fourth-order valence-corrected chi connectivity index (χ4v) is 8.60. The summed E-state index contributed by atoms with van der Waals surface area (Å²) in [5.74, 6) is -3.58. The molecule has 112 valence electrons. The Morgan fingerprint density at radius 3 is 1.50 bits per heavy atom. The van der Waals surface area contributed by atoms with E-state index in [2.05, 4.69) is 12.2 Å². The second kappa shape index (κ2) is 2.67. The van der Waals surface area contributed by atoms with E-state index < -0.39 is 23.3 Å². The Hall–Kier alpha value is -1.32. The van der Waals surface area contributed by atoms with Crippen LogP contribution in [-0.2, 0) is 0 Å². The molecule has 7 aliphatic rings. The lowest BCUT2D eigenvalue weighted by Crippen LogP contribution is -2.98. The highest BCUT2D eigenvalue weighted by Crippen LogP contribution is 3.06. The van der Waals surface area contributed by atoms with E-state index in [0.717, 1.165) is 12.8 Å². The number of rotatable bonds is 0. The van der Waals surface area contributed by atoms with E-state index in [0.29, 0.717) is 23.7 Å². The van der Waals surface area contributed by atoms with Gasteiger partial charge in [-0.1, -0.05) is 12.2 Å². The van der Waals surface area contributed by atoms with Crippen molar-refractivity contribution < 1.29 is 17.6 Å². The highest BCUT2D eigenvalue weighted by molar-refractivity contribution is 5.63. The molecule has 22 heavy (non-hydrogen) atoms. The molecule has 1 aromatic rings. The summed E-state index contributed by atoms with van der Waals surface area (Å²) in [4.78, 5) is 0. The van der Waals surface area contributed by atoms with Crippen LogP contribution in [0.2, 0.25) is 0 Å². The normalized spacial score (nSPS) is 56.0. The van der Waals surface area contributed by atoms with Gasteiger partial charge < -0.3 is 0 Å². The van der Waals surface area contributed by atoms with Gasteiger partial charge in [0.2, 0.25) is 0 Å². The number of benzene rings is 1. The Labute approximate surface area is 124 Å². The molecular weight excluding hydrogens is 292 g/mol. The molecule has 0 aromatic heterocycles. The number of hydrogen-bond acceptors (Lipinski definition) is 0. The minimum atomic E-state index is -1.62. The van der Waals surface area contributed by atoms with Crippen LogP contribution in [0.1, 0.15) is 35.8 Å². The maximum Gasteiger partial charge on any atom is 0.197 e. The zero-order valence-corrected chi connectivity index (χ0v) is 11.5. The second-order valence-corrected chi connectivity index (χ2v) is 8.21. The fraction of sp³-hybridized carbons (Fsp3) is 0.556. The van der Waals surface area contributed by atoms with E-state index in [1.807, 2.05) is 0 Å². The summed E-state index contributed by atoms with van der Waals surface area (Å²) < 4.78 is 56.5. The van der Waals surface area contributed by atoms with Crippen LogP contribution in [0.5, 0.6) is 0 Å². The maximum atomic E-state index is 14.5. The van der Waals surface area contributed by atoms with Gasteiger partial charge in [-0.3, -0.25) is 0 Å². The molecule has 0 nitrogen and oxygen atoms in total. The predicted octanol–water partition coefficient (Wildman–Crippen LogP) is 4.27. The molecule has 0 saturated heterocycles. The minimum Gasteiger partial charge on any atom is -0.203 e. The number of halogens is 4. The lowest BCUT2D eigenvalue weighted by Gasteiger charge is -3.03. The van der Waals surface area contributed by atoms with Crippen LogP contribution >= 0.6 is 0 Å². The van der Waals surface area contributed by atoms with Gasteiger partial charge in [-0.15, -0.1) is 0 Å². The molecule has 2 spiro atoms. The zero-order valence-electron chi connectivity index (χ0n) is 11.5.